The molecule has 6 heteroatoms. The number of fused-ring (bicyclic) bond motifs is 1. The zero-order chi connectivity index (χ0) is 12.6. The number of rotatable bonds is 3. The molecule has 0 amide bonds. The Morgan fingerprint density at radius 2 is 2.00 bits per heavy atom. The van der Waals surface area contributed by atoms with Crippen LogP contribution in [0, 0.1) is 0 Å². The molecular formula is C11H13NO4S. The van der Waals surface area contributed by atoms with E-state index in [1.807, 2.05) is 0 Å². The Morgan fingerprint density at radius 1 is 1.29 bits per heavy atom. The van der Waals surface area contributed by atoms with E-state index in [-0.39, 0.29) is 10.6 Å². The van der Waals surface area contributed by atoms with Gasteiger partial charge in [0.1, 0.15) is 0 Å². The summed E-state index contributed by atoms with van der Waals surface area (Å²) in [5.74, 6) is -0.430. The summed E-state index contributed by atoms with van der Waals surface area (Å²) in [6.07, 6.45) is 0. The van der Waals surface area contributed by atoms with Crippen LogP contribution in [0.1, 0.15) is 13.8 Å². The lowest BCUT2D eigenvalue weighted by Crippen LogP contribution is -2.12. The Bertz CT molecular complexity index is 709. The van der Waals surface area contributed by atoms with Gasteiger partial charge in [0.05, 0.1) is 16.2 Å². The summed E-state index contributed by atoms with van der Waals surface area (Å²) < 4.78 is 29.9. The lowest BCUT2D eigenvalue weighted by Gasteiger charge is -2.01. The normalized spacial score (nSPS) is 12.1. The largest absolute Gasteiger partial charge is 0.419 e. The highest BCUT2D eigenvalue weighted by atomic mass is 32.2. The van der Waals surface area contributed by atoms with E-state index in [1.54, 1.807) is 13.8 Å². The summed E-state index contributed by atoms with van der Waals surface area (Å²) in [5, 5.41) is 0. The van der Waals surface area contributed by atoms with Crippen molar-refractivity contribution < 1.29 is 12.8 Å². The molecule has 0 spiro atoms. The van der Waals surface area contributed by atoms with Crippen molar-refractivity contribution in [1.29, 1.82) is 0 Å². The third-order valence-electron chi connectivity index (χ3n) is 2.69. The zero-order valence-corrected chi connectivity index (χ0v) is 10.5. The van der Waals surface area contributed by atoms with Crippen molar-refractivity contribution in [3.63, 3.8) is 0 Å². The lowest BCUT2D eigenvalue weighted by molar-refractivity contribution is 0.513. The van der Waals surface area contributed by atoms with E-state index >= 15 is 0 Å². The molecule has 5 nitrogen and oxygen atoms in total. The summed E-state index contributed by atoms with van der Waals surface area (Å²) in [5.41, 5.74) is 0.930. The number of aryl methyl sites for hydroxylation is 1. The molecule has 0 saturated carbocycles. The molecule has 92 valence electrons. The number of benzene rings is 1. The fourth-order valence-electron chi connectivity index (χ4n) is 1.70. The third-order valence-corrected chi connectivity index (χ3v) is 4.43. The van der Waals surface area contributed by atoms with Gasteiger partial charge in [0.2, 0.25) is 0 Å². The summed E-state index contributed by atoms with van der Waals surface area (Å²) >= 11 is 0. The molecule has 1 aromatic carbocycles. The second-order valence-corrected chi connectivity index (χ2v) is 5.92. The average molecular weight is 255 g/mol. The van der Waals surface area contributed by atoms with E-state index in [1.165, 1.54) is 22.8 Å². The van der Waals surface area contributed by atoms with Crippen molar-refractivity contribution in [2.24, 2.45) is 0 Å². The highest BCUT2D eigenvalue weighted by Crippen LogP contribution is 2.19. The maximum Gasteiger partial charge on any atom is 0.419 e. The predicted molar refractivity (Wildman–Crippen MR) is 63.9 cm³/mol. The van der Waals surface area contributed by atoms with Crippen molar-refractivity contribution in [1.82, 2.24) is 4.57 Å². The minimum absolute atomic E-state index is 0.0344. The molecule has 0 radical (unpaired) electrons. The van der Waals surface area contributed by atoms with Crippen LogP contribution in [-0.4, -0.2) is 18.7 Å². The Labute approximate surface area is 98.6 Å². The molecule has 0 unspecified atom stereocenters. The first-order valence-corrected chi connectivity index (χ1v) is 7.01. The number of sulfone groups is 1. The van der Waals surface area contributed by atoms with Crippen LogP contribution < -0.4 is 5.76 Å². The van der Waals surface area contributed by atoms with Crippen LogP contribution in [0.5, 0.6) is 0 Å². The summed E-state index contributed by atoms with van der Waals surface area (Å²) in [6, 6.07) is 4.47. The quantitative estimate of drug-likeness (QED) is 0.831. The van der Waals surface area contributed by atoms with Crippen LogP contribution in [0.4, 0.5) is 0 Å². The maximum atomic E-state index is 11.7. The average Bonchev–Trinajstić information content (AvgIpc) is 2.63. The molecule has 0 aliphatic carbocycles. The van der Waals surface area contributed by atoms with E-state index < -0.39 is 15.6 Å². The van der Waals surface area contributed by atoms with Gasteiger partial charge in [0, 0.05) is 6.54 Å². The van der Waals surface area contributed by atoms with Crippen LogP contribution in [0.15, 0.2) is 32.3 Å². The molecule has 0 atom stereocenters. The number of hydrogen-bond acceptors (Lipinski definition) is 4. The SMILES string of the molecule is CCn1c(=O)oc2ccc(S(=O)(=O)CC)cc21. The fourth-order valence-corrected chi connectivity index (χ4v) is 2.60. The fraction of sp³-hybridized carbons (Fsp3) is 0.364. The van der Waals surface area contributed by atoms with Crippen LogP contribution in [0.2, 0.25) is 0 Å². The van der Waals surface area contributed by atoms with Crippen molar-refractivity contribution in [3.05, 3.63) is 28.7 Å². The van der Waals surface area contributed by atoms with E-state index in [0.717, 1.165) is 0 Å². The molecule has 0 bridgehead atoms. The van der Waals surface area contributed by atoms with Gasteiger partial charge in [-0.15, -0.1) is 0 Å². The molecule has 2 aromatic rings. The van der Waals surface area contributed by atoms with Crippen LogP contribution in [0.3, 0.4) is 0 Å². The third kappa shape index (κ3) is 1.88. The Morgan fingerprint density at radius 3 is 2.59 bits per heavy atom. The number of hydrogen-bond donors (Lipinski definition) is 0. The van der Waals surface area contributed by atoms with Crippen molar-refractivity contribution in [2.45, 2.75) is 25.3 Å². The molecule has 0 saturated heterocycles. The van der Waals surface area contributed by atoms with Crippen LogP contribution >= 0.6 is 0 Å². The summed E-state index contributed by atoms with van der Waals surface area (Å²) in [7, 11) is -3.26. The molecule has 0 fully saturated rings. The van der Waals surface area contributed by atoms with Gasteiger partial charge in [-0.1, -0.05) is 6.92 Å². The molecule has 0 N–H and O–H groups in total. The van der Waals surface area contributed by atoms with Crippen LogP contribution in [-0.2, 0) is 16.4 Å². The van der Waals surface area contributed by atoms with Gasteiger partial charge in [0.25, 0.3) is 0 Å². The topological polar surface area (TPSA) is 69.3 Å². The molecule has 1 aromatic heterocycles. The minimum Gasteiger partial charge on any atom is -0.408 e. The van der Waals surface area contributed by atoms with Crippen molar-refractivity contribution >= 4 is 20.9 Å². The first-order chi connectivity index (χ1) is 7.99. The van der Waals surface area contributed by atoms with Gasteiger partial charge in [0.15, 0.2) is 15.4 Å². The standard InChI is InChI=1S/C11H13NO4S/c1-3-12-9-7-8(17(14,15)4-2)5-6-10(9)16-11(12)13/h5-7H,3-4H2,1-2H3. The number of aromatic nitrogens is 1. The highest BCUT2D eigenvalue weighted by molar-refractivity contribution is 7.91. The van der Waals surface area contributed by atoms with Gasteiger partial charge in [-0.3, -0.25) is 4.57 Å². The summed E-state index contributed by atoms with van der Waals surface area (Å²) in [6.45, 7) is 3.83. The summed E-state index contributed by atoms with van der Waals surface area (Å²) in [4.78, 5) is 11.7. The number of nitrogens with zero attached hydrogens (tertiary/aromatic N) is 1. The van der Waals surface area contributed by atoms with Gasteiger partial charge in [-0.05, 0) is 25.1 Å². The lowest BCUT2D eigenvalue weighted by atomic mass is 10.3. The number of oxazole rings is 1. The van der Waals surface area contributed by atoms with E-state index in [0.29, 0.717) is 17.6 Å². The van der Waals surface area contributed by atoms with E-state index in [2.05, 4.69) is 0 Å². The van der Waals surface area contributed by atoms with Gasteiger partial charge >= 0.3 is 5.76 Å². The Kier molecular flexibility index (Phi) is 2.82. The van der Waals surface area contributed by atoms with Gasteiger partial charge in [-0.2, -0.15) is 0 Å². The molecule has 2 rings (SSSR count). The molecule has 0 aliphatic rings. The molecule has 0 aliphatic heterocycles. The first-order valence-electron chi connectivity index (χ1n) is 5.35. The second kappa shape index (κ2) is 4.03. The highest BCUT2D eigenvalue weighted by Gasteiger charge is 2.15. The van der Waals surface area contributed by atoms with Crippen LogP contribution in [0.25, 0.3) is 11.1 Å². The Hall–Kier alpha value is -1.56. The Balaban J connectivity index is 2.77. The van der Waals surface area contributed by atoms with Crippen molar-refractivity contribution in [2.75, 3.05) is 5.75 Å². The van der Waals surface area contributed by atoms with Gasteiger partial charge < -0.3 is 4.42 Å². The zero-order valence-electron chi connectivity index (χ0n) is 9.63. The maximum absolute atomic E-state index is 11.7. The van der Waals surface area contributed by atoms with E-state index in [9.17, 15) is 13.2 Å². The van der Waals surface area contributed by atoms with E-state index in [4.69, 9.17) is 4.42 Å². The molecule has 17 heavy (non-hydrogen) atoms. The smallest absolute Gasteiger partial charge is 0.408 e. The monoisotopic (exact) mass is 255 g/mol. The first kappa shape index (κ1) is 11.9. The predicted octanol–water partition coefficient (Wildman–Crippen LogP) is 1.41. The second-order valence-electron chi connectivity index (χ2n) is 3.65. The molecule has 1 heterocycles. The molecular weight excluding hydrogens is 242 g/mol. The minimum atomic E-state index is -3.26. The van der Waals surface area contributed by atoms with Crippen molar-refractivity contribution in [3.8, 4) is 0 Å². The van der Waals surface area contributed by atoms with Gasteiger partial charge in [-0.25, -0.2) is 13.2 Å².